The van der Waals surface area contributed by atoms with Gasteiger partial charge in [-0.1, -0.05) is 27.7 Å². The summed E-state index contributed by atoms with van der Waals surface area (Å²) in [5.74, 6) is -0.231. The lowest BCUT2D eigenvalue weighted by molar-refractivity contribution is -0.000660. The van der Waals surface area contributed by atoms with Gasteiger partial charge in [0.15, 0.2) is 0 Å². The Morgan fingerprint density at radius 1 is 1.24 bits per heavy atom. The maximum atomic E-state index is 14.9. The van der Waals surface area contributed by atoms with Crippen molar-refractivity contribution in [3.63, 3.8) is 0 Å². The molecule has 2 heterocycles. The third-order valence-corrected chi connectivity index (χ3v) is 5.64. The first-order chi connectivity index (χ1) is 11.5. The summed E-state index contributed by atoms with van der Waals surface area (Å²) in [4.78, 5) is 5.77. The van der Waals surface area contributed by atoms with Crippen molar-refractivity contribution >= 4 is 10.9 Å². The van der Waals surface area contributed by atoms with Gasteiger partial charge in [0.25, 0.3) is 0 Å². The van der Waals surface area contributed by atoms with Crippen LogP contribution in [0.5, 0.6) is 0 Å². The van der Waals surface area contributed by atoms with E-state index in [2.05, 4.69) is 37.6 Å². The van der Waals surface area contributed by atoms with Gasteiger partial charge >= 0.3 is 0 Å². The topological polar surface area (TPSA) is 19.0 Å². The van der Waals surface area contributed by atoms with Gasteiger partial charge in [0, 0.05) is 29.2 Å². The van der Waals surface area contributed by atoms with E-state index >= 15 is 0 Å². The first-order valence-electron chi connectivity index (χ1n) is 9.28. The van der Waals surface area contributed by atoms with Crippen LogP contribution in [0.15, 0.2) is 18.2 Å². The van der Waals surface area contributed by atoms with Crippen LogP contribution in [0.25, 0.3) is 10.9 Å². The van der Waals surface area contributed by atoms with Gasteiger partial charge in [-0.05, 0) is 55.9 Å². The van der Waals surface area contributed by atoms with E-state index in [1.165, 1.54) is 11.6 Å². The average Bonchev–Trinajstić information content (AvgIpc) is 2.83. The molecule has 0 saturated carbocycles. The number of rotatable bonds is 3. The van der Waals surface area contributed by atoms with Crippen LogP contribution in [0, 0.1) is 11.2 Å². The van der Waals surface area contributed by atoms with Gasteiger partial charge in [0.05, 0.1) is 6.04 Å². The fourth-order valence-corrected chi connectivity index (χ4v) is 4.21. The lowest BCUT2D eigenvalue weighted by atomic mass is 9.77. The molecule has 3 rings (SSSR count). The second kappa shape index (κ2) is 6.08. The van der Waals surface area contributed by atoms with Gasteiger partial charge in [-0.25, -0.2) is 8.78 Å². The minimum atomic E-state index is -1.21. The molecule has 0 radical (unpaired) electrons. The minimum Gasteiger partial charge on any atom is -0.357 e. The predicted octanol–water partition coefficient (Wildman–Crippen LogP) is 5.78. The monoisotopic (exact) mass is 348 g/mol. The molecule has 1 aliphatic heterocycles. The molecule has 1 N–H and O–H groups in total. The van der Waals surface area contributed by atoms with Crippen LogP contribution >= 0.6 is 0 Å². The number of benzene rings is 1. The third-order valence-electron chi connectivity index (χ3n) is 5.64. The number of fused-ring (bicyclic) bond motifs is 3. The highest BCUT2D eigenvalue weighted by Gasteiger charge is 2.43. The molecular weight excluding hydrogens is 318 g/mol. The summed E-state index contributed by atoms with van der Waals surface area (Å²) >= 11 is 0. The summed E-state index contributed by atoms with van der Waals surface area (Å²) in [6, 6.07) is 5.27. The van der Waals surface area contributed by atoms with E-state index in [0.717, 1.165) is 23.0 Å². The molecule has 3 atom stereocenters. The second-order valence-corrected chi connectivity index (χ2v) is 8.97. The molecule has 4 heteroatoms. The Morgan fingerprint density at radius 2 is 1.92 bits per heavy atom. The van der Waals surface area contributed by atoms with E-state index in [1.54, 1.807) is 13.0 Å². The first-order valence-corrected chi connectivity index (χ1v) is 9.28. The Balaban J connectivity index is 2.14. The zero-order chi connectivity index (χ0) is 18.6. The lowest BCUT2D eigenvalue weighted by Gasteiger charge is -2.48. The highest BCUT2D eigenvalue weighted by molar-refractivity contribution is 5.85. The Bertz CT molecular complexity index is 770. The molecule has 0 spiro atoms. The number of hydrogen-bond donors (Lipinski definition) is 1. The van der Waals surface area contributed by atoms with Crippen molar-refractivity contribution in [3.05, 3.63) is 35.3 Å². The SMILES string of the molecule is CCC(C)(F)CN1C(C(C)(C)C)c2[nH]c3cc(F)ccc3c2C[C@H]1C. The highest BCUT2D eigenvalue weighted by atomic mass is 19.1. The molecule has 0 amide bonds. The number of hydrogen-bond acceptors (Lipinski definition) is 1. The largest absolute Gasteiger partial charge is 0.357 e. The number of nitrogens with zero attached hydrogens (tertiary/aromatic N) is 1. The van der Waals surface area contributed by atoms with Gasteiger partial charge in [-0.3, -0.25) is 4.90 Å². The average molecular weight is 348 g/mol. The molecule has 2 unspecified atom stereocenters. The molecule has 25 heavy (non-hydrogen) atoms. The molecule has 2 aromatic rings. The summed E-state index contributed by atoms with van der Waals surface area (Å²) in [5, 5.41) is 1.09. The molecule has 0 fully saturated rings. The van der Waals surface area contributed by atoms with Crippen molar-refractivity contribution in [2.75, 3.05) is 6.54 Å². The molecule has 138 valence electrons. The Morgan fingerprint density at radius 3 is 2.52 bits per heavy atom. The van der Waals surface area contributed by atoms with Crippen LogP contribution in [0.2, 0.25) is 0 Å². The smallest absolute Gasteiger partial charge is 0.125 e. The molecule has 1 aliphatic rings. The molecule has 0 saturated heterocycles. The number of alkyl halides is 1. The fourth-order valence-electron chi connectivity index (χ4n) is 4.21. The van der Waals surface area contributed by atoms with E-state index in [-0.39, 0.29) is 23.3 Å². The van der Waals surface area contributed by atoms with Crippen LogP contribution in [0.3, 0.4) is 0 Å². The van der Waals surface area contributed by atoms with E-state index in [0.29, 0.717) is 13.0 Å². The van der Waals surface area contributed by atoms with Crippen LogP contribution in [-0.2, 0) is 6.42 Å². The quantitative estimate of drug-likeness (QED) is 0.745. The van der Waals surface area contributed by atoms with Gasteiger partial charge in [-0.15, -0.1) is 0 Å². The van der Waals surface area contributed by atoms with Gasteiger partial charge in [0.2, 0.25) is 0 Å². The summed E-state index contributed by atoms with van der Waals surface area (Å²) in [7, 11) is 0. The number of aromatic amines is 1. The highest BCUT2D eigenvalue weighted by Crippen LogP contribution is 2.46. The summed E-state index contributed by atoms with van der Waals surface area (Å²) < 4.78 is 28.5. The maximum absolute atomic E-state index is 14.9. The van der Waals surface area contributed by atoms with E-state index < -0.39 is 5.67 Å². The van der Waals surface area contributed by atoms with Crippen molar-refractivity contribution in [1.82, 2.24) is 9.88 Å². The van der Waals surface area contributed by atoms with Crippen LogP contribution < -0.4 is 0 Å². The predicted molar refractivity (Wildman–Crippen MR) is 100 cm³/mol. The van der Waals surface area contributed by atoms with E-state index in [1.807, 2.05) is 13.0 Å². The minimum absolute atomic E-state index is 0.0628. The van der Waals surface area contributed by atoms with Crippen LogP contribution in [0.4, 0.5) is 8.78 Å². The summed E-state index contributed by atoms with van der Waals surface area (Å²) in [5.41, 5.74) is 1.95. The Kier molecular flexibility index (Phi) is 4.47. The zero-order valence-electron chi connectivity index (χ0n) is 16.2. The van der Waals surface area contributed by atoms with Crippen molar-refractivity contribution in [2.24, 2.45) is 5.41 Å². The molecular formula is C21H30F2N2. The lowest BCUT2D eigenvalue weighted by Crippen LogP contribution is -2.51. The van der Waals surface area contributed by atoms with Crippen LogP contribution in [-0.4, -0.2) is 28.1 Å². The number of aromatic nitrogens is 1. The number of nitrogens with one attached hydrogen (secondary N) is 1. The third kappa shape index (κ3) is 3.33. The number of H-pyrrole nitrogens is 1. The van der Waals surface area contributed by atoms with Crippen molar-refractivity contribution in [1.29, 1.82) is 0 Å². The van der Waals surface area contributed by atoms with Crippen molar-refractivity contribution < 1.29 is 8.78 Å². The Labute approximate surface area is 149 Å². The maximum Gasteiger partial charge on any atom is 0.125 e. The van der Waals surface area contributed by atoms with Gasteiger partial charge < -0.3 is 4.98 Å². The summed E-state index contributed by atoms with van der Waals surface area (Å²) in [6.45, 7) is 12.8. The zero-order valence-corrected chi connectivity index (χ0v) is 16.2. The molecule has 0 aliphatic carbocycles. The van der Waals surface area contributed by atoms with E-state index in [4.69, 9.17) is 0 Å². The van der Waals surface area contributed by atoms with E-state index in [9.17, 15) is 8.78 Å². The van der Waals surface area contributed by atoms with Crippen molar-refractivity contribution in [3.8, 4) is 0 Å². The van der Waals surface area contributed by atoms with Crippen LogP contribution in [0.1, 0.15) is 65.3 Å². The number of halogens is 2. The molecule has 1 aromatic carbocycles. The van der Waals surface area contributed by atoms with Gasteiger partial charge in [-0.2, -0.15) is 0 Å². The first kappa shape index (κ1) is 18.4. The fraction of sp³-hybridized carbons (Fsp3) is 0.619. The normalized spacial score (nSPS) is 24.3. The Hall–Kier alpha value is -1.42. The van der Waals surface area contributed by atoms with Crippen molar-refractivity contribution in [2.45, 2.75) is 72.1 Å². The van der Waals surface area contributed by atoms with Gasteiger partial charge in [0.1, 0.15) is 11.5 Å². The molecule has 2 nitrogen and oxygen atoms in total. The summed E-state index contributed by atoms with van der Waals surface area (Å²) in [6.07, 6.45) is 1.35. The molecule has 1 aromatic heterocycles. The molecule has 0 bridgehead atoms. The second-order valence-electron chi connectivity index (χ2n) is 8.97. The standard InChI is InChI=1S/C21H30F2N2/c1-7-21(6,23)12-25-13(2)10-16-15-9-8-14(22)11-17(15)24-18(16)19(25)20(3,4)5/h8-9,11,13,19,24H,7,10,12H2,1-6H3/t13-,19?,21?/m1/s1.